The van der Waals surface area contributed by atoms with Crippen LogP contribution in [0.1, 0.15) is 47.0 Å². The number of hydrogen-bond acceptors (Lipinski definition) is 5. The molecule has 0 N–H and O–H groups in total. The zero-order valence-corrected chi connectivity index (χ0v) is 30.7. The van der Waals surface area contributed by atoms with Crippen molar-refractivity contribution in [3.63, 3.8) is 0 Å². The van der Waals surface area contributed by atoms with Crippen LogP contribution in [-0.4, -0.2) is 23.6 Å². The van der Waals surface area contributed by atoms with Crippen LogP contribution in [0.2, 0.25) is 0 Å². The molecule has 8 heteroatoms. The van der Waals surface area contributed by atoms with Gasteiger partial charge in [-0.2, -0.15) is 0 Å². The molecule has 7 aromatic carbocycles. The number of benzene rings is 7. The molecule has 9 rings (SSSR count). The number of fused-ring (bicyclic) bond motifs is 2. The Kier molecular flexibility index (Phi) is 8.29. The number of ether oxygens (including phenoxy) is 1. The minimum absolute atomic E-state index is 0.214. The minimum Gasteiger partial charge on any atom is -0.268 e. The van der Waals surface area contributed by atoms with Gasteiger partial charge in [0, 0.05) is 0 Å². The number of imide groups is 2. The van der Waals surface area contributed by atoms with Gasteiger partial charge in [-0.15, -0.1) is 0 Å². The van der Waals surface area contributed by atoms with Crippen LogP contribution in [0.4, 0.5) is 11.4 Å². The molecule has 7 nitrogen and oxygen atoms in total. The van der Waals surface area contributed by atoms with Crippen molar-refractivity contribution >= 4 is 63.5 Å². The van der Waals surface area contributed by atoms with Crippen LogP contribution in [0.5, 0.6) is 11.5 Å². The quantitative estimate of drug-likeness (QED) is 0.118. The van der Waals surface area contributed by atoms with Crippen molar-refractivity contribution in [1.82, 2.24) is 0 Å². The van der Waals surface area contributed by atoms with Gasteiger partial charge in [-0.25, -0.2) is 4.90 Å². The Bertz CT molecular complexity index is 2570. The summed E-state index contributed by atoms with van der Waals surface area (Å²) in [4.78, 5) is 56.7. The molecule has 55 heavy (non-hydrogen) atoms. The van der Waals surface area contributed by atoms with Crippen molar-refractivity contribution in [1.29, 1.82) is 0 Å². The van der Waals surface area contributed by atoms with Gasteiger partial charge in [-0.1, -0.05) is 12.1 Å². The Morgan fingerprint density at radius 2 is 0.800 bits per heavy atom. The number of nitrogens with zero attached hydrogens (tertiary/aromatic N) is 2. The Hall–Kier alpha value is -6.95. The summed E-state index contributed by atoms with van der Waals surface area (Å²) >= 11 is 0. The molecule has 0 aliphatic carbocycles. The third-order valence-corrected chi connectivity index (χ3v) is 15.2. The average Bonchev–Trinajstić information content (AvgIpc) is 3.62. The first-order chi connectivity index (χ1) is 26.8. The van der Waals surface area contributed by atoms with E-state index in [1.165, 1.54) is 26.9 Å². The smallest absolute Gasteiger partial charge is 0.268 e. The molecule has 0 saturated carbocycles. The summed E-state index contributed by atoms with van der Waals surface area (Å²) in [7, 11) is -2.79. The van der Waals surface area contributed by atoms with Crippen LogP contribution in [-0.2, 0) is 0 Å². The molecule has 0 unspecified atom stereocenters. The van der Waals surface area contributed by atoms with Gasteiger partial charge >= 0.3 is 233 Å². The molecule has 266 valence electrons. The molecule has 2 aliphatic rings. The van der Waals surface area contributed by atoms with Crippen LogP contribution in [0.3, 0.4) is 0 Å². The maximum atomic E-state index is 14.0. The van der Waals surface area contributed by atoms with Crippen molar-refractivity contribution in [3.05, 3.63) is 204 Å². The van der Waals surface area contributed by atoms with Gasteiger partial charge in [-0.3, -0.25) is 9.59 Å². The van der Waals surface area contributed by atoms with E-state index in [0.717, 1.165) is 15.8 Å². The van der Waals surface area contributed by atoms with Crippen molar-refractivity contribution in [3.8, 4) is 11.5 Å². The molecule has 2 aliphatic heterocycles. The summed E-state index contributed by atoms with van der Waals surface area (Å²) in [6.07, 6.45) is 0. The van der Waals surface area contributed by atoms with Gasteiger partial charge in [0.2, 0.25) is 0 Å². The number of aryl methyl sites for hydroxylation is 1. The van der Waals surface area contributed by atoms with E-state index in [9.17, 15) is 19.2 Å². The van der Waals surface area contributed by atoms with Gasteiger partial charge in [0.05, 0.1) is 16.8 Å². The van der Waals surface area contributed by atoms with Gasteiger partial charge < -0.3 is 0 Å². The number of hydrogen-bond donors (Lipinski definition) is 0. The van der Waals surface area contributed by atoms with E-state index in [4.69, 9.17) is 4.74 Å². The molecule has 0 saturated heterocycles. The zero-order valence-electron chi connectivity index (χ0n) is 29.7. The molecule has 7 aromatic rings. The molecular weight excluding hydrogens is 704 g/mol. The molecule has 4 amide bonds. The minimum atomic E-state index is -2.79. The van der Waals surface area contributed by atoms with Crippen LogP contribution in [0.15, 0.2) is 176 Å². The summed E-state index contributed by atoms with van der Waals surface area (Å²) in [5.41, 5.74) is 2.89. The topological polar surface area (TPSA) is 84.0 Å². The van der Waals surface area contributed by atoms with Gasteiger partial charge in [0.25, 0.3) is 11.8 Å². The van der Waals surface area contributed by atoms with Gasteiger partial charge in [-0.05, 0) is 30.7 Å². The molecule has 0 spiro atoms. The SMILES string of the molecule is Cc1cccc(N2C(=O)c3ccc(Oc4ccc5c(c4)C(=O)N(c4ccc([PH](c6ccccc6)(c6ccccc6)c6ccccc6)cc4)C5=O)cc3C2=O)c1. The Labute approximate surface area is 318 Å². The van der Waals surface area contributed by atoms with E-state index in [-0.39, 0.29) is 22.3 Å². The standard InChI is InChI=1S/C47H33N2O5P/c1-31-12-11-13-33(28-31)49-45(51)41-27-23-35(30-43(41)47(49)53)54-34-22-26-40-42(29-34)46(52)48(44(40)50)32-20-24-39(25-21-32)55(36-14-5-2-6-15-36,37-16-7-3-8-17-37)38-18-9-4-10-19-38/h2-30,55H,1H3. The van der Waals surface area contributed by atoms with Crippen molar-refractivity contribution in [2.75, 3.05) is 9.80 Å². The van der Waals surface area contributed by atoms with Crippen molar-refractivity contribution in [2.45, 2.75) is 6.92 Å². The third kappa shape index (κ3) is 5.56. The fourth-order valence-corrected chi connectivity index (χ4v) is 12.6. The summed E-state index contributed by atoms with van der Waals surface area (Å²) in [6.45, 7) is 1.90. The Morgan fingerprint density at radius 3 is 1.25 bits per heavy atom. The van der Waals surface area contributed by atoms with E-state index in [1.807, 2.05) is 55.5 Å². The summed E-state index contributed by atoms with van der Waals surface area (Å²) < 4.78 is 6.12. The van der Waals surface area contributed by atoms with E-state index in [0.29, 0.717) is 22.9 Å². The van der Waals surface area contributed by atoms with Crippen molar-refractivity contribution < 1.29 is 23.9 Å². The second-order valence-corrected chi connectivity index (χ2v) is 17.5. The monoisotopic (exact) mass is 736 g/mol. The Morgan fingerprint density at radius 1 is 0.382 bits per heavy atom. The fraction of sp³-hybridized carbons (Fsp3) is 0.0213. The fourth-order valence-electron chi connectivity index (χ4n) is 7.86. The number of rotatable bonds is 8. The first-order valence-electron chi connectivity index (χ1n) is 17.9. The molecular formula is C47H33N2O5P. The predicted octanol–water partition coefficient (Wildman–Crippen LogP) is 7.74. The summed E-state index contributed by atoms with van der Waals surface area (Å²) in [6, 6.07) is 56.1. The maximum absolute atomic E-state index is 14.0. The van der Waals surface area contributed by atoms with E-state index in [1.54, 1.807) is 48.5 Å². The second-order valence-electron chi connectivity index (χ2n) is 13.6. The van der Waals surface area contributed by atoms with E-state index >= 15 is 0 Å². The second kappa shape index (κ2) is 13.5. The van der Waals surface area contributed by atoms with Crippen molar-refractivity contribution in [2.24, 2.45) is 0 Å². The first-order valence-corrected chi connectivity index (χ1v) is 19.9. The van der Waals surface area contributed by atoms with Crippen LogP contribution < -0.4 is 35.8 Å². The number of carbonyl (C=O) groups is 4. The molecule has 2 heterocycles. The molecule has 0 atom stereocenters. The summed E-state index contributed by atoms with van der Waals surface area (Å²) in [5.74, 6) is -1.09. The number of amides is 4. The van der Waals surface area contributed by atoms with E-state index in [2.05, 4.69) is 72.8 Å². The van der Waals surface area contributed by atoms with Gasteiger partial charge in [0.1, 0.15) is 0 Å². The van der Waals surface area contributed by atoms with Crippen LogP contribution >= 0.6 is 7.26 Å². The average molecular weight is 737 g/mol. The third-order valence-electron chi connectivity index (χ3n) is 10.4. The Balaban J connectivity index is 1.01. The molecule has 0 radical (unpaired) electrons. The molecule has 0 aromatic heterocycles. The first kappa shape index (κ1) is 33.9. The molecule has 0 bridgehead atoms. The van der Waals surface area contributed by atoms with E-state index < -0.39 is 30.9 Å². The van der Waals surface area contributed by atoms with Crippen LogP contribution in [0.25, 0.3) is 0 Å². The predicted molar refractivity (Wildman–Crippen MR) is 219 cm³/mol. The van der Waals surface area contributed by atoms with Crippen LogP contribution in [0, 0.1) is 6.92 Å². The number of carbonyl (C=O) groups excluding carboxylic acids is 4. The van der Waals surface area contributed by atoms with Gasteiger partial charge in [0.15, 0.2) is 0 Å². The molecule has 0 fully saturated rings. The normalized spacial score (nSPS) is 13.9. The summed E-state index contributed by atoms with van der Waals surface area (Å²) in [5, 5.41) is 4.77. The zero-order chi connectivity index (χ0) is 37.7. The number of anilines is 2.